The summed E-state index contributed by atoms with van der Waals surface area (Å²) in [5, 5.41) is 2.55. The number of nitrogens with one attached hydrogen (secondary N) is 1. The topological polar surface area (TPSA) is 12.0 Å². The summed E-state index contributed by atoms with van der Waals surface area (Å²) in [5.41, 5.74) is 0. The average Bonchev–Trinajstić information content (AvgIpc) is 2.74. The van der Waals surface area contributed by atoms with E-state index in [2.05, 4.69) is 5.32 Å². The van der Waals surface area contributed by atoms with Gasteiger partial charge in [0.1, 0.15) is 0 Å². The predicted molar refractivity (Wildman–Crippen MR) is 77.7 cm³/mol. The molecule has 0 spiro atoms. The van der Waals surface area contributed by atoms with Gasteiger partial charge in [0.15, 0.2) is 0 Å². The van der Waals surface area contributed by atoms with Crippen LogP contribution in [-0.2, 0) is 0 Å². The highest BCUT2D eigenvalue weighted by Crippen LogP contribution is 2.59. The molecule has 0 aromatic rings. The maximum atomic E-state index is 6.40. The van der Waals surface area contributed by atoms with Crippen LogP contribution in [0.1, 0.15) is 51.4 Å². The molecule has 3 aliphatic rings. The van der Waals surface area contributed by atoms with Gasteiger partial charge in [-0.05, 0) is 62.3 Å². The minimum Gasteiger partial charge on any atom is -0.331 e. The molecule has 0 heterocycles. The van der Waals surface area contributed by atoms with E-state index in [0.29, 0.717) is 5.92 Å². The van der Waals surface area contributed by atoms with Crippen LogP contribution in [-0.4, -0.2) is 28.1 Å². The largest absolute Gasteiger partial charge is 0.331 e. The summed E-state index contributed by atoms with van der Waals surface area (Å²) in [5.74, 6) is 3.92. The third kappa shape index (κ3) is 1.97. The SMILES string of the molecule is [B]C([B])(NC)C1C2CCCCC2C2CCCCC21. The van der Waals surface area contributed by atoms with Gasteiger partial charge in [-0.25, -0.2) is 0 Å². The summed E-state index contributed by atoms with van der Waals surface area (Å²) in [7, 11) is 14.7. The van der Waals surface area contributed by atoms with Crippen molar-refractivity contribution >= 4 is 15.7 Å². The van der Waals surface area contributed by atoms with E-state index in [9.17, 15) is 0 Å². The minimum absolute atomic E-state index is 0.498. The molecule has 18 heavy (non-hydrogen) atoms. The third-order valence-electron chi connectivity index (χ3n) is 6.21. The first-order valence-corrected chi connectivity index (χ1v) is 7.92. The van der Waals surface area contributed by atoms with E-state index in [4.69, 9.17) is 15.7 Å². The Balaban J connectivity index is 1.90. The van der Waals surface area contributed by atoms with E-state index in [0.717, 1.165) is 23.7 Å². The quantitative estimate of drug-likeness (QED) is 0.732. The molecule has 1 nitrogen and oxygen atoms in total. The lowest BCUT2D eigenvalue weighted by atomic mass is 9.49. The molecule has 3 aliphatic carbocycles. The molecule has 4 unspecified atom stereocenters. The van der Waals surface area contributed by atoms with Crippen molar-refractivity contribution in [3.63, 3.8) is 0 Å². The Morgan fingerprint density at radius 3 is 1.56 bits per heavy atom. The number of fused-ring (bicyclic) bond motifs is 3. The molecule has 3 fully saturated rings. The second-order valence-electron chi connectivity index (χ2n) is 6.93. The average molecular weight is 241 g/mol. The Kier molecular flexibility index (Phi) is 3.55. The van der Waals surface area contributed by atoms with Crippen molar-refractivity contribution in [3.8, 4) is 0 Å². The fourth-order valence-corrected chi connectivity index (χ4v) is 5.52. The van der Waals surface area contributed by atoms with Gasteiger partial charge in [0.05, 0.1) is 15.7 Å². The Bertz CT molecular complexity index is 283. The highest BCUT2D eigenvalue weighted by molar-refractivity contribution is 6.40. The fourth-order valence-electron chi connectivity index (χ4n) is 5.52. The molecule has 0 saturated heterocycles. The molecule has 0 amide bonds. The zero-order chi connectivity index (χ0) is 12.8. The van der Waals surface area contributed by atoms with Gasteiger partial charge < -0.3 is 5.32 Å². The van der Waals surface area contributed by atoms with Gasteiger partial charge in [0, 0.05) is 0 Å². The van der Waals surface area contributed by atoms with Crippen molar-refractivity contribution in [2.24, 2.45) is 29.6 Å². The van der Waals surface area contributed by atoms with Crippen LogP contribution in [0.3, 0.4) is 0 Å². The van der Waals surface area contributed by atoms with Crippen LogP contribution in [0.25, 0.3) is 0 Å². The van der Waals surface area contributed by atoms with E-state index in [1.807, 2.05) is 7.05 Å². The van der Waals surface area contributed by atoms with Crippen LogP contribution < -0.4 is 5.32 Å². The number of rotatable bonds is 2. The number of hydrogen-bond acceptors (Lipinski definition) is 1. The van der Waals surface area contributed by atoms with Crippen LogP contribution in [0.5, 0.6) is 0 Å². The van der Waals surface area contributed by atoms with E-state index >= 15 is 0 Å². The summed E-state index contributed by atoms with van der Waals surface area (Å²) in [6.45, 7) is 0. The summed E-state index contributed by atoms with van der Waals surface area (Å²) in [6.07, 6.45) is 11.2. The van der Waals surface area contributed by atoms with E-state index in [1.165, 1.54) is 51.4 Å². The molecule has 4 radical (unpaired) electrons. The van der Waals surface area contributed by atoms with Gasteiger partial charge >= 0.3 is 0 Å². The zero-order valence-electron chi connectivity index (χ0n) is 11.7. The molecule has 0 aromatic carbocycles. The predicted octanol–water partition coefficient (Wildman–Crippen LogP) is 2.44. The van der Waals surface area contributed by atoms with Gasteiger partial charge in [0.2, 0.25) is 0 Å². The van der Waals surface area contributed by atoms with E-state index < -0.39 is 5.34 Å². The Labute approximate surface area is 115 Å². The molecule has 0 bridgehead atoms. The second-order valence-corrected chi connectivity index (χ2v) is 6.93. The molecule has 4 atom stereocenters. The van der Waals surface area contributed by atoms with Crippen molar-refractivity contribution in [3.05, 3.63) is 0 Å². The fraction of sp³-hybridized carbons (Fsp3) is 1.00. The lowest BCUT2D eigenvalue weighted by Gasteiger charge is -2.43. The van der Waals surface area contributed by atoms with Crippen LogP contribution in [0, 0.1) is 29.6 Å². The molecule has 3 heteroatoms. The van der Waals surface area contributed by atoms with Crippen LogP contribution >= 0.6 is 0 Å². The minimum atomic E-state index is -0.656. The first-order valence-electron chi connectivity index (χ1n) is 7.92. The normalized spacial score (nSPS) is 44.4. The smallest absolute Gasteiger partial charge is 0.0824 e. The molecule has 96 valence electrons. The summed E-state index contributed by atoms with van der Waals surface area (Å²) < 4.78 is 0. The third-order valence-corrected chi connectivity index (χ3v) is 6.21. The molecule has 0 aromatic heterocycles. The first-order chi connectivity index (χ1) is 8.65. The van der Waals surface area contributed by atoms with E-state index in [-0.39, 0.29) is 0 Å². The maximum absolute atomic E-state index is 6.40. The standard InChI is InChI=1S/C15H25B2N/c1-18-15(16,17)14-12-8-4-2-6-10(12)11-7-3-5-9-13(11)14/h10-14,18H,2-9H2,1H3. The van der Waals surface area contributed by atoms with Crippen molar-refractivity contribution < 1.29 is 0 Å². The first kappa shape index (κ1) is 13.1. The number of hydrogen-bond donors (Lipinski definition) is 1. The Hall–Kier alpha value is 0.0899. The van der Waals surface area contributed by atoms with Gasteiger partial charge in [-0.3, -0.25) is 0 Å². The van der Waals surface area contributed by atoms with Crippen LogP contribution in [0.15, 0.2) is 0 Å². The Morgan fingerprint density at radius 1 is 0.778 bits per heavy atom. The van der Waals surface area contributed by atoms with Crippen molar-refractivity contribution in [2.75, 3.05) is 7.05 Å². The summed E-state index contributed by atoms with van der Waals surface area (Å²) >= 11 is 0. The maximum Gasteiger partial charge on any atom is 0.0824 e. The van der Waals surface area contributed by atoms with Gasteiger partial charge in [-0.15, -0.1) is 0 Å². The van der Waals surface area contributed by atoms with E-state index in [1.54, 1.807) is 0 Å². The summed E-state index contributed by atoms with van der Waals surface area (Å²) in [6, 6.07) is 0. The van der Waals surface area contributed by atoms with Crippen molar-refractivity contribution in [1.29, 1.82) is 0 Å². The molecule has 3 rings (SSSR count). The molecule has 3 saturated carbocycles. The highest BCUT2D eigenvalue weighted by Gasteiger charge is 2.54. The van der Waals surface area contributed by atoms with Crippen LogP contribution in [0.4, 0.5) is 0 Å². The molecular formula is C15H25B2N. The lowest BCUT2D eigenvalue weighted by molar-refractivity contribution is 0.184. The molecule has 1 N–H and O–H groups in total. The van der Waals surface area contributed by atoms with Gasteiger partial charge in [-0.2, -0.15) is 0 Å². The monoisotopic (exact) mass is 241 g/mol. The molecular weight excluding hydrogens is 216 g/mol. The zero-order valence-corrected chi connectivity index (χ0v) is 11.7. The van der Waals surface area contributed by atoms with Crippen LogP contribution in [0.2, 0.25) is 0 Å². The Morgan fingerprint density at radius 2 is 1.17 bits per heavy atom. The summed E-state index contributed by atoms with van der Waals surface area (Å²) in [4.78, 5) is 0. The van der Waals surface area contributed by atoms with Crippen molar-refractivity contribution in [1.82, 2.24) is 5.32 Å². The lowest BCUT2D eigenvalue weighted by Crippen LogP contribution is -2.55. The van der Waals surface area contributed by atoms with Gasteiger partial charge in [0.25, 0.3) is 0 Å². The second kappa shape index (κ2) is 4.89. The van der Waals surface area contributed by atoms with Crippen molar-refractivity contribution in [2.45, 2.75) is 56.7 Å². The van der Waals surface area contributed by atoms with Gasteiger partial charge in [-0.1, -0.05) is 31.0 Å². The molecule has 0 aliphatic heterocycles. The highest BCUT2D eigenvalue weighted by atomic mass is 14.9.